The second-order valence-corrected chi connectivity index (χ2v) is 4.81. The van der Waals surface area contributed by atoms with Gasteiger partial charge in [-0.2, -0.15) is 5.10 Å². The highest BCUT2D eigenvalue weighted by atomic mass is 15.2. The summed E-state index contributed by atoms with van der Waals surface area (Å²) in [5.41, 5.74) is 2.45. The van der Waals surface area contributed by atoms with Gasteiger partial charge in [-0.25, -0.2) is 4.52 Å². The molecule has 0 fully saturated rings. The summed E-state index contributed by atoms with van der Waals surface area (Å²) in [6.07, 6.45) is 5.16. The second-order valence-electron chi connectivity index (χ2n) is 4.81. The number of aromatic nitrogens is 2. The maximum atomic E-state index is 4.34. The van der Waals surface area contributed by atoms with Crippen molar-refractivity contribution in [1.82, 2.24) is 19.8 Å². The van der Waals surface area contributed by atoms with Gasteiger partial charge in [-0.15, -0.1) is 0 Å². The van der Waals surface area contributed by atoms with E-state index in [0.717, 1.165) is 26.2 Å². The monoisotopic (exact) mass is 260 g/mol. The second kappa shape index (κ2) is 7.26. The summed E-state index contributed by atoms with van der Waals surface area (Å²) in [6.45, 7) is 9.80. The van der Waals surface area contributed by atoms with Crippen molar-refractivity contribution in [3.8, 4) is 0 Å². The molecule has 104 valence electrons. The van der Waals surface area contributed by atoms with E-state index in [0.29, 0.717) is 0 Å². The molecule has 0 bridgehead atoms. The lowest BCUT2D eigenvalue weighted by molar-refractivity contribution is 0.287. The summed E-state index contributed by atoms with van der Waals surface area (Å²) in [5, 5.41) is 7.85. The van der Waals surface area contributed by atoms with Crippen molar-refractivity contribution < 1.29 is 0 Å². The van der Waals surface area contributed by atoms with E-state index < -0.39 is 0 Å². The Bertz CT molecular complexity index is 492. The van der Waals surface area contributed by atoms with E-state index in [2.05, 4.69) is 41.3 Å². The molecule has 0 atom stereocenters. The van der Waals surface area contributed by atoms with Crippen molar-refractivity contribution in [1.29, 1.82) is 0 Å². The van der Waals surface area contributed by atoms with Gasteiger partial charge in [0.1, 0.15) is 0 Å². The zero-order valence-electron chi connectivity index (χ0n) is 12.0. The Labute approximate surface area is 115 Å². The normalized spacial score (nSPS) is 11.5. The van der Waals surface area contributed by atoms with Crippen LogP contribution in [0, 0.1) is 0 Å². The van der Waals surface area contributed by atoms with E-state index in [9.17, 15) is 0 Å². The topological polar surface area (TPSA) is 32.6 Å². The summed E-state index contributed by atoms with van der Waals surface area (Å²) in [5.74, 6) is 0. The molecule has 2 aromatic rings. The molecule has 0 aromatic carbocycles. The minimum absolute atomic E-state index is 0.886. The maximum Gasteiger partial charge on any atom is 0.0706 e. The molecule has 0 aliphatic heterocycles. The number of pyridine rings is 1. The van der Waals surface area contributed by atoms with Crippen molar-refractivity contribution in [2.75, 3.05) is 26.2 Å². The Kier molecular flexibility index (Phi) is 5.36. The van der Waals surface area contributed by atoms with Crippen LogP contribution >= 0.6 is 0 Å². The molecule has 19 heavy (non-hydrogen) atoms. The Balaban J connectivity index is 1.79. The number of nitrogens with one attached hydrogen (secondary N) is 1. The molecule has 0 amide bonds. The predicted molar refractivity (Wildman–Crippen MR) is 79.3 cm³/mol. The highest BCUT2D eigenvalue weighted by molar-refractivity contribution is 5.53. The molecule has 0 saturated heterocycles. The van der Waals surface area contributed by atoms with Gasteiger partial charge in [-0.3, -0.25) is 0 Å². The van der Waals surface area contributed by atoms with Gasteiger partial charge in [0.2, 0.25) is 0 Å². The van der Waals surface area contributed by atoms with Crippen LogP contribution in [0.1, 0.15) is 25.8 Å². The van der Waals surface area contributed by atoms with Crippen molar-refractivity contribution in [2.45, 2.75) is 26.8 Å². The number of likely N-dealkylation sites (N-methyl/N-ethyl adjacent to an activating group) is 1. The average molecular weight is 260 g/mol. The third-order valence-corrected chi connectivity index (χ3v) is 3.41. The Morgan fingerprint density at radius 3 is 2.95 bits per heavy atom. The summed E-state index contributed by atoms with van der Waals surface area (Å²) in [6, 6.07) is 6.17. The predicted octanol–water partition coefficient (Wildman–Crippen LogP) is 2.16. The Morgan fingerprint density at radius 2 is 2.16 bits per heavy atom. The van der Waals surface area contributed by atoms with E-state index in [1.54, 1.807) is 0 Å². The van der Waals surface area contributed by atoms with Gasteiger partial charge in [-0.1, -0.05) is 19.9 Å². The number of rotatable bonds is 8. The molecule has 2 rings (SSSR count). The number of hydrogen-bond acceptors (Lipinski definition) is 3. The van der Waals surface area contributed by atoms with Gasteiger partial charge in [0.05, 0.1) is 11.7 Å². The molecule has 0 saturated carbocycles. The average Bonchev–Trinajstić information content (AvgIpc) is 2.85. The van der Waals surface area contributed by atoms with Crippen molar-refractivity contribution >= 4 is 5.52 Å². The molecule has 1 N–H and O–H groups in total. The maximum absolute atomic E-state index is 4.34. The lowest BCUT2D eigenvalue weighted by Gasteiger charge is -2.19. The summed E-state index contributed by atoms with van der Waals surface area (Å²) < 4.78 is 1.92. The van der Waals surface area contributed by atoms with E-state index in [1.165, 1.54) is 24.0 Å². The zero-order chi connectivity index (χ0) is 13.5. The third-order valence-electron chi connectivity index (χ3n) is 3.41. The number of fused-ring (bicyclic) bond motifs is 1. The van der Waals surface area contributed by atoms with Crippen LogP contribution in [0.25, 0.3) is 5.52 Å². The van der Waals surface area contributed by atoms with Crippen molar-refractivity contribution in [3.05, 3.63) is 36.2 Å². The summed E-state index contributed by atoms with van der Waals surface area (Å²) in [7, 11) is 0. The first-order valence-corrected chi connectivity index (χ1v) is 7.19. The van der Waals surface area contributed by atoms with Gasteiger partial charge in [0.25, 0.3) is 0 Å². The molecule has 0 aliphatic rings. The van der Waals surface area contributed by atoms with Gasteiger partial charge in [-0.05, 0) is 31.6 Å². The molecule has 0 unspecified atom stereocenters. The first-order chi connectivity index (χ1) is 9.35. The quantitative estimate of drug-likeness (QED) is 0.738. The van der Waals surface area contributed by atoms with Gasteiger partial charge in [0.15, 0.2) is 0 Å². The fourth-order valence-corrected chi connectivity index (χ4v) is 2.33. The lowest BCUT2D eigenvalue weighted by atomic mass is 10.2. The van der Waals surface area contributed by atoms with Crippen LogP contribution in [0.5, 0.6) is 0 Å². The fourth-order valence-electron chi connectivity index (χ4n) is 2.33. The van der Waals surface area contributed by atoms with E-state index >= 15 is 0 Å². The lowest BCUT2D eigenvalue weighted by Crippen LogP contribution is -2.32. The van der Waals surface area contributed by atoms with E-state index in [4.69, 9.17) is 0 Å². The van der Waals surface area contributed by atoms with Gasteiger partial charge in [0, 0.05) is 31.4 Å². The van der Waals surface area contributed by atoms with Gasteiger partial charge < -0.3 is 10.2 Å². The third kappa shape index (κ3) is 3.78. The highest BCUT2D eigenvalue weighted by Gasteiger charge is 2.03. The minimum atomic E-state index is 0.886. The van der Waals surface area contributed by atoms with Crippen LogP contribution in [0.3, 0.4) is 0 Å². The molecular formula is C15H24N4. The largest absolute Gasteiger partial charge is 0.311 e. The Morgan fingerprint density at radius 1 is 1.26 bits per heavy atom. The van der Waals surface area contributed by atoms with Crippen LogP contribution in [-0.4, -0.2) is 40.7 Å². The Hall–Kier alpha value is -1.39. The fraction of sp³-hybridized carbons (Fsp3) is 0.533. The van der Waals surface area contributed by atoms with Gasteiger partial charge >= 0.3 is 0 Å². The van der Waals surface area contributed by atoms with Crippen molar-refractivity contribution in [2.24, 2.45) is 0 Å². The molecule has 4 heteroatoms. The van der Waals surface area contributed by atoms with E-state index in [-0.39, 0.29) is 0 Å². The van der Waals surface area contributed by atoms with Crippen LogP contribution in [-0.2, 0) is 6.54 Å². The van der Waals surface area contributed by atoms with Crippen molar-refractivity contribution in [3.63, 3.8) is 0 Å². The summed E-state index contributed by atoms with van der Waals surface area (Å²) >= 11 is 0. The van der Waals surface area contributed by atoms with Crippen LogP contribution < -0.4 is 5.32 Å². The highest BCUT2D eigenvalue weighted by Crippen LogP contribution is 2.08. The molecule has 4 nitrogen and oxygen atoms in total. The smallest absolute Gasteiger partial charge is 0.0706 e. The number of hydrogen-bond donors (Lipinski definition) is 1. The van der Waals surface area contributed by atoms with E-state index in [1.807, 2.05) is 23.0 Å². The first-order valence-electron chi connectivity index (χ1n) is 7.19. The van der Waals surface area contributed by atoms with Crippen LogP contribution in [0.2, 0.25) is 0 Å². The summed E-state index contributed by atoms with van der Waals surface area (Å²) in [4.78, 5) is 2.48. The van der Waals surface area contributed by atoms with Crippen LogP contribution in [0.15, 0.2) is 30.6 Å². The standard InChI is InChI=1S/C15H24N4/c1-3-9-18(4-2)11-8-16-12-14-13-17-19-10-6-5-7-15(14)19/h5-7,10,13,16H,3-4,8-9,11-12H2,1-2H3. The molecule has 2 aromatic heterocycles. The zero-order valence-corrected chi connectivity index (χ0v) is 12.0. The first kappa shape index (κ1) is 14.0. The molecular weight excluding hydrogens is 236 g/mol. The number of nitrogens with zero attached hydrogens (tertiary/aromatic N) is 3. The molecule has 0 radical (unpaired) electrons. The molecule has 0 spiro atoms. The molecule has 2 heterocycles. The minimum Gasteiger partial charge on any atom is -0.311 e. The van der Waals surface area contributed by atoms with Crippen LogP contribution in [0.4, 0.5) is 0 Å². The molecule has 0 aliphatic carbocycles. The SMILES string of the molecule is CCCN(CC)CCNCc1cnn2ccccc12.